The largest absolute Gasteiger partial charge is 0.494 e. The summed E-state index contributed by atoms with van der Waals surface area (Å²) in [4.78, 5) is 0. The molecule has 1 unspecified atom stereocenters. The van der Waals surface area contributed by atoms with Crippen molar-refractivity contribution >= 4 is 0 Å². The molecule has 1 aromatic carbocycles. The normalized spacial score (nSPS) is 14.2. The van der Waals surface area contributed by atoms with Crippen molar-refractivity contribution in [1.82, 2.24) is 5.32 Å². The number of hydrogen-bond donors (Lipinski definition) is 2. The van der Waals surface area contributed by atoms with Gasteiger partial charge in [-0.2, -0.15) is 0 Å². The third kappa shape index (κ3) is 4.67. The van der Waals surface area contributed by atoms with Crippen LogP contribution in [0.2, 0.25) is 0 Å². The molecule has 1 aromatic rings. The van der Waals surface area contributed by atoms with Crippen LogP contribution in [-0.2, 0) is 6.42 Å². The Kier molecular flexibility index (Phi) is 6.16. The van der Waals surface area contributed by atoms with Gasteiger partial charge in [0.1, 0.15) is 5.75 Å². The smallest absolute Gasteiger partial charge is 0.119 e. The minimum atomic E-state index is -0.252. The van der Waals surface area contributed by atoms with Gasteiger partial charge in [0.15, 0.2) is 0 Å². The summed E-state index contributed by atoms with van der Waals surface area (Å²) in [5.41, 5.74) is 1.06. The minimum absolute atomic E-state index is 0.124. The van der Waals surface area contributed by atoms with Gasteiger partial charge in [0.25, 0.3) is 0 Å². The van der Waals surface area contributed by atoms with Gasteiger partial charge in [-0.25, -0.2) is 0 Å². The number of aliphatic hydroxyl groups is 1. The number of rotatable bonds is 8. The third-order valence-electron chi connectivity index (χ3n) is 3.21. The van der Waals surface area contributed by atoms with Gasteiger partial charge in [-0.15, -0.1) is 0 Å². The maximum Gasteiger partial charge on any atom is 0.119 e. The zero-order valence-corrected chi connectivity index (χ0v) is 11.7. The molecule has 0 fully saturated rings. The predicted octanol–water partition coefficient (Wildman–Crippen LogP) is 2.38. The average molecular weight is 251 g/mol. The number of hydrogen-bond acceptors (Lipinski definition) is 3. The fourth-order valence-corrected chi connectivity index (χ4v) is 1.87. The lowest BCUT2D eigenvalue weighted by Crippen LogP contribution is -2.46. The van der Waals surface area contributed by atoms with Gasteiger partial charge in [-0.3, -0.25) is 0 Å². The standard InChI is InChI=1S/C15H25NO2/c1-4-13-6-8-14(9-7-13)18-11-10-15(3,12-17)16-5-2/h6-9,16-17H,4-5,10-12H2,1-3H3. The van der Waals surface area contributed by atoms with Crippen LogP contribution in [0.25, 0.3) is 0 Å². The molecule has 0 bridgehead atoms. The van der Waals surface area contributed by atoms with E-state index in [-0.39, 0.29) is 12.1 Å². The first-order chi connectivity index (χ1) is 8.63. The molecule has 3 heteroatoms. The van der Waals surface area contributed by atoms with Crippen molar-refractivity contribution in [3.63, 3.8) is 0 Å². The number of ether oxygens (including phenoxy) is 1. The van der Waals surface area contributed by atoms with Gasteiger partial charge in [-0.05, 0) is 37.6 Å². The van der Waals surface area contributed by atoms with Crippen LogP contribution in [0, 0.1) is 0 Å². The molecular formula is C15H25NO2. The van der Waals surface area contributed by atoms with Crippen LogP contribution < -0.4 is 10.1 Å². The van der Waals surface area contributed by atoms with E-state index < -0.39 is 0 Å². The second kappa shape index (κ2) is 7.39. The molecule has 1 atom stereocenters. The summed E-state index contributed by atoms with van der Waals surface area (Å²) in [6.45, 7) is 7.77. The monoisotopic (exact) mass is 251 g/mol. The Balaban J connectivity index is 2.40. The molecule has 2 N–H and O–H groups in total. The Morgan fingerprint density at radius 2 is 1.89 bits per heavy atom. The maximum atomic E-state index is 9.36. The SMILES string of the molecule is CCNC(C)(CO)CCOc1ccc(CC)cc1. The molecule has 1 rings (SSSR count). The van der Waals surface area contributed by atoms with Crippen LogP contribution in [0.5, 0.6) is 5.75 Å². The van der Waals surface area contributed by atoms with Crippen LogP contribution in [0.4, 0.5) is 0 Å². The molecule has 0 aliphatic carbocycles. The van der Waals surface area contributed by atoms with Gasteiger partial charge in [0.2, 0.25) is 0 Å². The second-order valence-corrected chi connectivity index (χ2v) is 4.85. The van der Waals surface area contributed by atoms with Gasteiger partial charge < -0.3 is 15.2 Å². The van der Waals surface area contributed by atoms with E-state index in [2.05, 4.69) is 24.4 Å². The van der Waals surface area contributed by atoms with Crippen LogP contribution >= 0.6 is 0 Å². The molecule has 0 aliphatic rings. The fraction of sp³-hybridized carbons (Fsp3) is 0.600. The van der Waals surface area contributed by atoms with Crippen LogP contribution in [-0.4, -0.2) is 30.4 Å². The zero-order valence-electron chi connectivity index (χ0n) is 11.7. The highest BCUT2D eigenvalue weighted by molar-refractivity contribution is 5.27. The molecule has 102 valence electrons. The maximum absolute atomic E-state index is 9.36. The summed E-state index contributed by atoms with van der Waals surface area (Å²) < 4.78 is 5.70. The first-order valence-electron chi connectivity index (χ1n) is 6.71. The van der Waals surface area contributed by atoms with Gasteiger partial charge >= 0.3 is 0 Å². The summed E-state index contributed by atoms with van der Waals surface area (Å²) in [7, 11) is 0. The van der Waals surface area contributed by atoms with Crippen LogP contribution in [0.15, 0.2) is 24.3 Å². The quantitative estimate of drug-likeness (QED) is 0.745. The molecule has 0 radical (unpaired) electrons. The summed E-state index contributed by atoms with van der Waals surface area (Å²) in [5, 5.41) is 12.6. The molecule has 0 amide bonds. The third-order valence-corrected chi connectivity index (χ3v) is 3.21. The highest BCUT2D eigenvalue weighted by Gasteiger charge is 2.21. The first-order valence-corrected chi connectivity index (χ1v) is 6.71. The van der Waals surface area contributed by atoms with Crippen molar-refractivity contribution in [3.8, 4) is 5.75 Å². The lowest BCUT2D eigenvalue weighted by atomic mass is 10.00. The van der Waals surface area contributed by atoms with Crippen molar-refractivity contribution in [2.24, 2.45) is 0 Å². The van der Waals surface area contributed by atoms with Crippen LogP contribution in [0.1, 0.15) is 32.8 Å². The van der Waals surface area contributed by atoms with E-state index in [1.807, 2.05) is 26.0 Å². The van der Waals surface area contributed by atoms with Crippen molar-refractivity contribution in [2.45, 2.75) is 39.2 Å². The summed E-state index contributed by atoms with van der Waals surface area (Å²) in [5.74, 6) is 0.893. The number of aliphatic hydroxyl groups excluding tert-OH is 1. The summed E-state index contributed by atoms with van der Waals surface area (Å²) >= 11 is 0. The number of likely N-dealkylation sites (N-methyl/N-ethyl adjacent to an activating group) is 1. The highest BCUT2D eigenvalue weighted by atomic mass is 16.5. The Bertz CT molecular complexity index is 337. The number of nitrogens with one attached hydrogen (secondary N) is 1. The van der Waals surface area contributed by atoms with Gasteiger partial charge in [-0.1, -0.05) is 26.0 Å². The molecule has 0 aliphatic heterocycles. The van der Waals surface area contributed by atoms with E-state index in [0.29, 0.717) is 6.61 Å². The van der Waals surface area contributed by atoms with E-state index in [9.17, 15) is 5.11 Å². The highest BCUT2D eigenvalue weighted by Crippen LogP contribution is 2.15. The number of benzene rings is 1. The number of aryl methyl sites for hydroxylation is 1. The Hall–Kier alpha value is -1.06. The van der Waals surface area contributed by atoms with Crippen molar-refractivity contribution in [3.05, 3.63) is 29.8 Å². The Morgan fingerprint density at radius 3 is 2.39 bits per heavy atom. The zero-order chi connectivity index (χ0) is 13.4. The topological polar surface area (TPSA) is 41.5 Å². The first kappa shape index (κ1) is 15.0. The van der Waals surface area contributed by atoms with E-state index >= 15 is 0 Å². The van der Waals surface area contributed by atoms with E-state index in [1.165, 1.54) is 5.56 Å². The van der Waals surface area contributed by atoms with Crippen molar-refractivity contribution in [1.29, 1.82) is 0 Å². The van der Waals surface area contributed by atoms with E-state index in [1.54, 1.807) is 0 Å². The van der Waals surface area contributed by atoms with Crippen molar-refractivity contribution < 1.29 is 9.84 Å². The molecule has 0 aromatic heterocycles. The lowest BCUT2D eigenvalue weighted by molar-refractivity contribution is 0.146. The lowest BCUT2D eigenvalue weighted by Gasteiger charge is -2.28. The van der Waals surface area contributed by atoms with Crippen molar-refractivity contribution in [2.75, 3.05) is 19.8 Å². The Labute approximate surface area is 110 Å². The summed E-state index contributed by atoms with van der Waals surface area (Å²) in [6, 6.07) is 8.18. The molecule has 0 heterocycles. The van der Waals surface area contributed by atoms with E-state index in [4.69, 9.17) is 4.74 Å². The molecule has 0 spiro atoms. The Morgan fingerprint density at radius 1 is 1.22 bits per heavy atom. The van der Waals surface area contributed by atoms with E-state index in [0.717, 1.165) is 25.1 Å². The van der Waals surface area contributed by atoms with Gasteiger partial charge in [0.05, 0.1) is 13.2 Å². The molecular weight excluding hydrogens is 226 g/mol. The average Bonchev–Trinajstić information content (AvgIpc) is 2.40. The van der Waals surface area contributed by atoms with Gasteiger partial charge in [0, 0.05) is 12.0 Å². The molecule has 0 saturated heterocycles. The fourth-order valence-electron chi connectivity index (χ4n) is 1.87. The molecule has 0 saturated carbocycles. The second-order valence-electron chi connectivity index (χ2n) is 4.85. The minimum Gasteiger partial charge on any atom is -0.494 e. The van der Waals surface area contributed by atoms with Crippen LogP contribution in [0.3, 0.4) is 0 Å². The molecule has 3 nitrogen and oxygen atoms in total. The molecule has 18 heavy (non-hydrogen) atoms. The summed E-state index contributed by atoms with van der Waals surface area (Å²) in [6.07, 6.45) is 1.83. The predicted molar refractivity (Wildman–Crippen MR) is 75.1 cm³/mol.